The van der Waals surface area contributed by atoms with Gasteiger partial charge >= 0.3 is 11.7 Å². The smallest absolute Gasteiger partial charge is 0.355 e. The summed E-state index contributed by atoms with van der Waals surface area (Å²) in [5, 5.41) is 0. The predicted octanol–water partition coefficient (Wildman–Crippen LogP) is 3.22. The Morgan fingerprint density at radius 3 is 2.32 bits per heavy atom. The number of carbonyl (C=O) groups excluding carboxylic acids is 2. The summed E-state index contributed by atoms with van der Waals surface area (Å²) in [6, 6.07) is 7.47. The van der Waals surface area contributed by atoms with Gasteiger partial charge in [0.15, 0.2) is 5.78 Å². The van der Waals surface area contributed by atoms with Gasteiger partial charge in [-0.05, 0) is 44.9 Å². The highest BCUT2D eigenvalue weighted by Gasteiger charge is 2.24. The second-order valence-electron chi connectivity index (χ2n) is 6.78. The Morgan fingerprint density at radius 2 is 1.71 bits per heavy atom. The van der Waals surface area contributed by atoms with Gasteiger partial charge in [-0.25, -0.2) is 9.59 Å². The molecule has 0 radical (unpaired) electrons. The lowest BCUT2D eigenvalue weighted by Crippen LogP contribution is -2.27. The van der Waals surface area contributed by atoms with Crippen molar-refractivity contribution in [1.29, 1.82) is 0 Å². The van der Waals surface area contributed by atoms with Crippen LogP contribution < -0.4 is 5.69 Å². The van der Waals surface area contributed by atoms with Gasteiger partial charge in [0.2, 0.25) is 0 Å². The van der Waals surface area contributed by atoms with E-state index in [1.807, 2.05) is 31.2 Å². The van der Waals surface area contributed by atoms with Crippen molar-refractivity contribution in [2.75, 3.05) is 6.61 Å². The summed E-state index contributed by atoms with van der Waals surface area (Å²) in [6.45, 7) is 7.96. The fourth-order valence-electron chi connectivity index (χ4n) is 3.66. The number of hydrogen-bond donors (Lipinski definition) is 1. The second kappa shape index (κ2) is 7.88. The van der Waals surface area contributed by atoms with Crippen LogP contribution >= 0.6 is 0 Å². The van der Waals surface area contributed by atoms with Crippen molar-refractivity contribution in [2.45, 2.75) is 47.2 Å². The Kier molecular flexibility index (Phi) is 5.53. The number of rotatable bonds is 7. The van der Waals surface area contributed by atoms with Crippen LogP contribution in [-0.4, -0.2) is 32.5 Å². The molecule has 2 heterocycles. The molecule has 0 aliphatic carbocycles. The molecule has 0 amide bonds. The lowest BCUT2D eigenvalue weighted by atomic mass is 10.1. The van der Waals surface area contributed by atoms with E-state index in [4.69, 9.17) is 4.74 Å². The molecule has 3 rings (SSSR count). The normalized spacial score (nSPS) is 11.1. The molecule has 28 heavy (non-hydrogen) atoms. The number of aromatic amines is 1. The predicted molar refractivity (Wildman–Crippen MR) is 107 cm³/mol. The maximum atomic E-state index is 13.1. The number of benzene rings is 1. The summed E-state index contributed by atoms with van der Waals surface area (Å²) >= 11 is 0. The SMILES string of the molecule is CCCn1c(=O)n(CC(=O)c2c(C)[nH]c(C(=O)OCC)c2C)c2ccccc21. The number of imidazole rings is 1. The first-order valence-electron chi connectivity index (χ1n) is 9.48. The third kappa shape index (κ3) is 3.28. The molecule has 7 heteroatoms. The van der Waals surface area contributed by atoms with Crippen molar-refractivity contribution in [3.63, 3.8) is 0 Å². The van der Waals surface area contributed by atoms with Crippen molar-refractivity contribution in [1.82, 2.24) is 14.1 Å². The molecule has 1 aromatic carbocycles. The number of nitrogens with one attached hydrogen (secondary N) is 1. The highest BCUT2D eigenvalue weighted by molar-refractivity contribution is 6.02. The molecule has 148 valence electrons. The number of esters is 1. The molecule has 0 spiro atoms. The van der Waals surface area contributed by atoms with Gasteiger partial charge in [-0.3, -0.25) is 13.9 Å². The van der Waals surface area contributed by atoms with Gasteiger partial charge in [0, 0.05) is 17.8 Å². The monoisotopic (exact) mass is 383 g/mol. The van der Waals surface area contributed by atoms with Crippen LogP contribution in [0.25, 0.3) is 11.0 Å². The molecule has 0 saturated heterocycles. The third-order valence-corrected chi connectivity index (χ3v) is 4.87. The molecule has 0 aliphatic heterocycles. The number of aryl methyl sites for hydroxylation is 2. The number of hydrogen-bond acceptors (Lipinski definition) is 4. The average Bonchev–Trinajstić information content (AvgIpc) is 3.11. The Balaban J connectivity index is 2.02. The molecule has 0 saturated carbocycles. The highest BCUT2D eigenvalue weighted by atomic mass is 16.5. The molecule has 3 aromatic rings. The molecule has 2 aromatic heterocycles. The van der Waals surface area contributed by atoms with E-state index in [1.165, 1.54) is 4.57 Å². The number of ether oxygens (including phenoxy) is 1. The van der Waals surface area contributed by atoms with Crippen LogP contribution in [0.3, 0.4) is 0 Å². The number of H-pyrrole nitrogens is 1. The highest BCUT2D eigenvalue weighted by Crippen LogP contribution is 2.21. The lowest BCUT2D eigenvalue weighted by Gasteiger charge is -2.05. The topological polar surface area (TPSA) is 86.1 Å². The number of fused-ring (bicyclic) bond motifs is 1. The number of Topliss-reactive ketones (excluding diaryl/α,β-unsaturated/α-hetero) is 1. The van der Waals surface area contributed by atoms with Crippen LogP contribution in [0.4, 0.5) is 0 Å². The van der Waals surface area contributed by atoms with Gasteiger partial charge in [-0.1, -0.05) is 19.1 Å². The molecule has 0 bridgehead atoms. The minimum absolute atomic E-state index is 0.0855. The molecular formula is C21H25N3O4. The van der Waals surface area contributed by atoms with Crippen molar-refractivity contribution in [2.24, 2.45) is 0 Å². The van der Waals surface area contributed by atoms with Crippen LogP contribution in [0.15, 0.2) is 29.1 Å². The maximum Gasteiger partial charge on any atom is 0.355 e. The van der Waals surface area contributed by atoms with Crippen molar-refractivity contribution in [3.05, 3.63) is 57.3 Å². The Morgan fingerprint density at radius 1 is 1.07 bits per heavy atom. The van der Waals surface area contributed by atoms with Crippen molar-refractivity contribution >= 4 is 22.8 Å². The molecule has 0 aliphatic rings. The van der Waals surface area contributed by atoms with Crippen LogP contribution in [-0.2, 0) is 17.8 Å². The molecule has 0 fully saturated rings. The van der Waals surface area contributed by atoms with E-state index in [0.29, 0.717) is 23.4 Å². The number of carbonyl (C=O) groups is 2. The summed E-state index contributed by atoms with van der Waals surface area (Å²) in [7, 11) is 0. The van der Waals surface area contributed by atoms with Gasteiger partial charge in [0.1, 0.15) is 5.69 Å². The second-order valence-corrected chi connectivity index (χ2v) is 6.78. The average molecular weight is 383 g/mol. The molecule has 1 N–H and O–H groups in total. The van der Waals surface area contributed by atoms with Crippen molar-refractivity contribution < 1.29 is 14.3 Å². The van der Waals surface area contributed by atoms with Crippen LogP contribution in [0.1, 0.15) is 52.4 Å². The zero-order valence-corrected chi connectivity index (χ0v) is 16.7. The fourth-order valence-corrected chi connectivity index (χ4v) is 3.66. The first-order chi connectivity index (χ1) is 13.4. The summed E-state index contributed by atoms with van der Waals surface area (Å²) in [6.07, 6.45) is 0.820. The van der Waals surface area contributed by atoms with E-state index in [9.17, 15) is 14.4 Å². The first-order valence-corrected chi connectivity index (χ1v) is 9.48. The van der Waals surface area contributed by atoms with E-state index in [1.54, 1.807) is 25.3 Å². The number of aromatic nitrogens is 3. The first kappa shape index (κ1) is 19.7. The zero-order valence-electron chi connectivity index (χ0n) is 16.7. The van der Waals surface area contributed by atoms with E-state index in [0.717, 1.165) is 17.5 Å². The Bertz CT molecular complexity index is 1100. The van der Waals surface area contributed by atoms with Gasteiger partial charge in [0.25, 0.3) is 0 Å². The molecule has 0 unspecified atom stereocenters. The molecular weight excluding hydrogens is 358 g/mol. The standard InChI is InChI=1S/C21H25N3O4/c1-5-11-23-15-9-7-8-10-16(15)24(21(23)27)12-17(25)18-13(3)19(22-14(18)4)20(26)28-6-2/h7-10,22H,5-6,11-12H2,1-4H3. The quantitative estimate of drug-likeness (QED) is 0.501. The van der Waals surface area contributed by atoms with Gasteiger partial charge in [0.05, 0.1) is 24.2 Å². The van der Waals surface area contributed by atoms with Crippen molar-refractivity contribution in [3.8, 4) is 0 Å². The minimum atomic E-state index is -0.487. The van der Waals surface area contributed by atoms with E-state index >= 15 is 0 Å². The third-order valence-electron chi connectivity index (χ3n) is 4.87. The van der Waals surface area contributed by atoms with E-state index < -0.39 is 5.97 Å². The molecule has 0 atom stereocenters. The lowest BCUT2D eigenvalue weighted by molar-refractivity contribution is 0.0519. The van der Waals surface area contributed by atoms with Gasteiger partial charge < -0.3 is 9.72 Å². The largest absolute Gasteiger partial charge is 0.461 e. The van der Waals surface area contributed by atoms with Crippen LogP contribution in [0.2, 0.25) is 0 Å². The Labute approximate surface area is 162 Å². The number of nitrogens with zero attached hydrogens (tertiary/aromatic N) is 2. The zero-order chi connectivity index (χ0) is 20.4. The van der Waals surface area contributed by atoms with E-state index in [-0.39, 0.29) is 30.3 Å². The number of para-hydroxylation sites is 2. The summed E-state index contributed by atoms with van der Waals surface area (Å²) in [4.78, 5) is 41.0. The van der Waals surface area contributed by atoms with E-state index in [2.05, 4.69) is 4.98 Å². The van der Waals surface area contributed by atoms with Gasteiger partial charge in [-0.2, -0.15) is 0 Å². The number of ketones is 1. The minimum Gasteiger partial charge on any atom is -0.461 e. The molecule has 7 nitrogen and oxygen atoms in total. The summed E-state index contributed by atoms with van der Waals surface area (Å²) in [5.74, 6) is -0.706. The van der Waals surface area contributed by atoms with Gasteiger partial charge in [-0.15, -0.1) is 0 Å². The summed E-state index contributed by atoms with van der Waals surface area (Å²) < 4.78 is 8.24. The summed E-state index contributed by atoms with van der Waals surface area (Å²) in [5.41, 5.74) is 3.20. The van der Waals surface area contributed by atoms with Crippen LogP contribution in [0.5, 0.6) is 0 Å². The Hall–Kier alpha value is -3.09. The maximum absolute atomic E-state index is 13.1. The fraction of sp³-hybridized carbons (Fsp3) is 0.381. The van der Waals surface area contributed by atoms with Crippen LogP contribution in [0, 0.1) is 13.8 Å².